The normalized spacial score (nSPS) is 25.0. The van der Waals surface area contributed by atoms with E-state index in [0.717, 1.165) is 23.6 Å². The van der Waals surface area contributed by atoms with Gasteiger partial charge < -0.3 is 10.1 Å². The summed E-state index contributed by atoms with van der Waals surface area (Å²) in [5, 5.41) is 2.65. The lowest BCUT2D eigenvalue weighted by atomic mass is 9.89. The number of amides is 1. The lowest BCUT2D eigenvalue weighted by Crippen LogP contribution is -2.33. The van der Waals surface area contributed by atoms with Gasteiger partial charge in [-0.3, -0.25) is 9.59 Å². The summed E-state index contributed by atoms with van der Waals surface area (Å²) in [5.41, 5.74) is 0.262. The Morgan fingerprint density at radius 2 is 1.96 bits per heavy atom. The van der Waals surface area contributed by atoms with Gasteiger partial charge >= 0.3 is 5.97 Å². The molecule has 3 rings (SSSR count). The largest absolute Gasteiger partial charge is 0.452 e. The van der Waals surface area contributed by atoms with Gasteiger partial charge in [0.15, 0.2) is 6.10 Å². The third-order valence-corrected chi connectivity index (χ3v) is 7.96. The SMILES string of the molecule is C[C@@H](OC(=O)[C@@H]1C[C@H]2CC[C@H]1C2)C(=O)Nc1ccc(Cl)c(S(=O)(=O)N(C)C)c1. The molecule has 2 fully saturated rings. The maximum absolute atomic E-state index is 12.4. The molecule has 1 aromatic rings. The molecule has 154 valence electrons. The van der Waals surface area contributed by atoms with Crippen molar-refractivity contribution in [2.45, 2.75) is 43.6 Å². The molecular formula is C19H25ClN2O5S. The van der Waals surface area contributed by atoms with Gasteiger partial charge in [0.2, 0.25) is 10.0 Å². The molecule has 1 N–H and O–H groups in total. The predicted octanol–water partition coefficient (Wildman–Crippen LogP) is 2.90. The maximum Gasteiger partial charge on any atom is 0.309 e. The zero-order valence-electron chi connectivity index (χ0n) is 16.1. The van der Waals surface area contributed by atoms with Crippen LogP contribution in [-0.4, -0.2) is 44.8 Å². The van der Waals surface area contributed by atoms with Gasteiger partial charge in [-0.15, -0.1) is 0 Å². The fourth-order valence-corrected chi connectivity index (χ4v) is 5.46. The molecule has 0 radical (unpaired) electrons. The van der Waals surface area contributed by atoms with Crippen LogP contribution in [0.25, 0.3) is 0 Å². The molecule has 2 aliphatic carbocycles. The summed E-state index contributed by atoms with van der Waals surface area (Å²) in [5.74, 6) is 0.0378. The standard InChI is InChI=1S/C19H25ClN2O5S/c1-11(27-19(24)15-9-12-4-5-13(15)8-12)18(23)21-14-6-7-16(20)17(10-14)28(25,26)22(2)3/h6-7,10-13,15H,4-5,8-9H2,1-3H3,(H,21,23)/t11-,12+,13+,15-/m1/s1. The Labute approximate surface area is 170 Å². The van der Waals surface area contributed by atoms with Crippen LogP contribution in [0, 0.1) is 17.8 Å². The minimum absolute atomic E-state index is 0.0578. The fourth-order valence-electron chi connectivity index (χ4n) is 4.07. The van der Waals surface area contributed by atoms with Gasteiger partial charge in [-0.05, 0) is 56.2 Å². The summed E-state index contributed by atoms with van der Waals surface area (Å²) >= 11 is 6.01. The van der Waals surface area contributed by atoms with E-state index >= 15 is 0 Å². The topological polar surface area (TPSA) is 92.8 Å². The highest BCUT2D eigenvalue weighted by molar-refractivity contribution is 7.89. The van der Waals surface area contributed by atoms with E-state index in [0.29, 0.717) is 11.8 Å². The molecule has 0 spiro atoms. The van der Waals surface area contributed by atoms with Gasteiger partial charge in [0.1, 0.15) is 4.90 Å². The molecule has 4 atom stereocenters. The van der Waals surface area contributed by atoms with E-state index in [9.17, 15) is 18.0 Å². The van der Waals surface area contributed by atoms with Crippen molar-refractivity contribution in [3.05, 3.63) is 23.2 Å². The number of fused-ring (bicyclic) bond motifs is 2. The highest BCUT2D eigenvalue weighted by Gasteiger charge is 2.44. The van der Waals surface area contributed by atoms with Crippen molar-refractivity contribution in [1.82, 2.24) is 4.31 Å². The smallest absolute Gasteiger partial charge is 0.309 e. The Balaban J connectivity index is 1.65. The van der Waals surface area contributed by atoms with Gasteiger partial charge in [-0.25, -0.2) is 12.7 Å². The molecule has 2 bridgehead atoms. The number of carbonyl (C=O) groups excluding carboxylic acids is 2. The summed E-state index contributed by atoms with van der Waals surface area (Å²) < 4.78 is 31.1. The number of benzene rings is 1. The summed E-state index contributed by atoms with van der Waals surface area (Å²) in [4.78, 5) is 24.7. The second kappa shape index (κ2) is 8.00. The zero-order chi connectivity index (χ0) is 20.6. The second-order valence-electron chi connectivity index (χ2n) is 7.78. The Kier molecular flexibility index (Phi) is 6.03. The molecule has 2 aliphatic rings. The van der Waals surface area contributed by atoms with Gasteiger partial charge in [-0.1, -0.05) is 18.0 Å². The van der Waals surface area contributed by atoms with Gasteiger partial charge in [0, 0.05) is 19.8 Å². The van der Waals surface area contributed by atoms with E-state index in [1.165, 1.54) is 45.6 Å². The first kappa shape index (κ1) is 21.1. The minimum Gasteiger partial charge on any atom is -0.452 e. The second-order valence-corrected chi connectivity index (χ2v) is 10.3. The third kappa shape index (κ3) is 4.18. The Bertz CT molecular complexity index is 886. The summed E-state index contributed by atoms with van der Waals surface area (Å²) in [7, 11) is -0.963. The van der Waals surface area contributed by atoms with Crippen LogP contribution in [0.15, 0.2) is 23.1 Å². The predicted molar refractivity (Wildman–Crippen MR) is 105 cm³/mol. The van der Waals surface area contributed by atoms with E-state index in [-0.39, 0.29) is 27.5 Å². The van der Waals surface area contributed by atoms with Gasteiger partial charge in [0.25, 0.3) is 5.91 Å². The Hall–Kier alpha value is -1.64. The molecule has 9 heteroatoms. The number of nitrogens with one attached hydrogen (secondary N) is 1. The molecule has 1 amide bonds. The zero-order valence-corrected chi connectivity index (χ0v) is 17.7. The fraction of sp³-hybridized carbons (Fsp3) is 0.579. The Morgan fingerprint density at radius 3 is 2.54 bits per heavy atom. The van der Waals surface area contributed by atoms with E-state index in [2.05, 4.69) is 5.32 Å². The van der Waals surface area contributed by atoms with Gasteiger partial charge in [0.05, 0.1) is 10.9 Å². The molecule has 0 aliphatic heterocycles. The molecule has 0 heterocycles. The van der Waals surface area contributed by atoms with Crippen molar-refractivity contribution in [3.63, 3.8) is 0 Å². The molecule has 28 heavy (non-hydrogen) atoms. The molecule has 1 aromatic carbocycles. The maximum atomic E-state index is 12.4. The van der Waals surface area contributed by atoms with Crippen LogP contribution in [0.5, 0.6) is 0 Å². The Morgan fingerprint density at radius 1 is 1.25 bits per heavy atom. The highest BCUT2D eigenvalue weighted by Crippen LogP contribution is 2.48. The van der Waals surface area contributed by atoms with E-state index in [1.54, 1.807) is 0 Å². The first-order valence-electron chi connectivity index (χ1n) is 9.33. The monoisotopic (exact) mass is 428 g/mol. The number of rotatable bonds is 6. The highest BCUT2D eigenvalue weighted by atomic mass is 35.5. The van der Waals surface area contributed by atoms with Gasteiger partial charge in [-0.2, -0.15) is 0 Å². The summed E-state index contributed by atoms with van der Waals surface area (Å²) in [6.45, 7) is 1.51. The van der Waals surface area contributed by atoms with Crippen molar-refractivity contribution >= 4 is 39.2 Å². The number of halogens is 1. The summed E-state index contributed by atoms with van der Waals surface area (Å²) in [6.07, 6.45) is 3.18. The quantitative estimate of drug-likeness (QED) is 0.703. The number of hydrogen-bond acceptors (Lipinski definition) is 5. The third-order valence-electron chi connectivity index (χ3n) is 5.66. The molecule has 0 aromatic heterocycles. The van der Waals surface area contributed by atoms with Crippen molar-refractivity contribution in [1.29, 1.82) is 0 Å². The lowest BCUT2D eigenvalue weighted by molar-refractivity contribution is -0.158. The molecule has 0 unspecified atom stereocenters. The molecule has 0 saturated heterocycles. The van der Waals surface area contributed by atoms with E-state index < -0.39 is 22.0 Å². The first-order chi connectivity index (χ1) is 13.1. The van der Waals surface area contributed by atoms with Crippen molar-refractivity contribution in [2.75, 3.05) is 19.4 Å². The van der Waals surface area contributed by atoms with Crippen molar-refractivity contribution in [3.8, 4) is 0 Å². The summed E-state index contributed by atoms with van der Waals surface area (Å²) in [6, 6.07) is 4.19. The molecule has 7 nitrogen and oxygen atoms in total. The number of ether oxygens (including phenoxy) is 1. The molecular weight excluding hydrogens is 404 g/mol. The van der Waals surface area contributed by atoms with Crippen LogP contribution in [0.1, 0.15) is 32.6 Å². The molecule has 2 saturated carbocycles. The van der Waals surface area contributed by atoms with E-state index in [1.807, 2.05) is 0 Å². The van der Waals surface area contributed by atoms with Crippen LogP contribution >= 0.6 is 11.6 Å². The number of carbonyl (C=O) groups is 2. The number of anilines is 1. The number of hydrogen-bond donors (Lipinski definition) is 1. The number of esters is 1. The lowest BCUT2D eigenvalue weighted by Gasteiger charge is -2.22. The van der Waals surface area contributed by atoms with Crippen LogP contribution in [-0.2, 0) is 24.3 Å². The van der Waals surface area contributed by atoms with E-state index in [4.69, 9.17) is 16.3 Å². The van der Waals surface area contributed by atoms with Crippen LogP contribution in [0.3, 0.4) is 0 Å². The average Bonchev–Trinajstić information content (AvgIpc) is 3.26. The minimum atomic E-state index is -3.76. The van der Waals surface area contributed by atoms with Crippen LogP contribution in [0.2, 0.25) is 5.02 Å². The average molecular weight is 429 g/mol. The first-order valence-corrected chi connectivity index (χ1v) is 11.1. The number of sulfonamides is 1. The number of nitrogens with zero attached hydrogens (tertiary/aromatic N) is 1. The van der Waals surface area contributed by atoms with Crippen LogP contribution in [0.4, 0.5) is 5.69 Å². The van der Waals surface area contributed by atoms with Crippen molar-refractivity contribution in [2.24, 2.45) is 17.8 Å². The van der Waals surface area contributed by atoms with Crippen LogP contribution < -0.4 is 5.32 Å². The van der Waals surface area contributed by atoms with Crippen molar-refractivity contribution < 1.29 is 22.7 Å².